The first-order valence-corrected chi connectivity index (χ1v) is 15.1. The molecule has 1 aliphatic rings. The molecular weight excluding hydrogens is 528 g/mol. The fourth-order valence-electron chi connectivity index (χ4n) is 4.99. The van der Waals surface area contributed by atoms with Gasteiger partial charge in [-0.05, 0) is 53.8 Å². The molecule has 206 valence electrons. The van der Waals surface area contributed by atoms with Crippen molar-refractivity contribution in [3.63, 3.8) is 0 Å². The van der Waals surface area contributed by atoms with Crippen LogP contribution in [0.5, 0.6) is 5.75 Å². The highest BCUT2D eigenvalue weighted by molar-refractivity contribution is 7.99. The Morgan fingerprint density at radius 3 is 2.36 bits per heavy atom. The molecule has 1 saturated carbocycles. The normalized spacial score (nSPS) is 14.4. The lowest BCUT2D eigenvalue weighted by Gasteiger charge is -2.33. The van der Waals surface area contributed by atoms with Gasteiger partial charge in [0.1, 0.15) is 11.8 Å². The second kappa shape index (κ2) is 15.0. The molecule has 1 fully saturated rings. The Kier molecular flexibility index (Phi) is 11.2. The van der Waals surface area contributed by atoms with Gasteiger partial charge in [-0.25, -0.2) is 0 Å². The number of carbonyl (C=O) groups excluding carboxylic acids is 2. The summed E-state index contributed by atoms with van der Waals surface area (Å²) >= 11 is 7.84. The highest BCUT2D eigenvalue weighted by Crippen LogP contribution is 2.22. The Hall–Kier alpha value is -2.96. The van der Waals surface area contributed by atoms with Crippen LogP contribution in [0.1, 0.15) is 48.8 Å². The number of halogens is 1. The average molecular weight is 565 g/mol. The van der Waals surface area contributed by atoms with Gasteiger partial charge >= 0.3 is 0 Å². The van der Waals surface area contributed by atoms with Crippen molar-refractivity contribution in [2.75, 3.05) is 12.9 Å². The SMILES string of the molecule is COc1ccc(CSCC(=O)N(Cc2cccc(Cl)c2)[C@H](Cc2ccccc2)C(=O)NC2CCCCC2)cc1. The van der Waals surface area contributed by atoms with E-state index in [4.69, 9.17) is 16.3 Å². The van der Waals surface area contributed by atoms with E-state index in [0.717, 1.165) is 48.1 Å². The molecule has 0 aromatic heterocycles. The molecule has 5 nitrogen and oxygen atoms in total. The summed E-state index contributed by atoms with van der Waals surface area (Å²) in [4.78, 5) is 29.4. The molecule has 0 heterocycles. The molecule has 1 N–H and O–H groups in total. The lowest BCUT2D eigenvalue weighted by Crippen LogP contribution is -2.53. The Balaban J connectivity index is 1.55. The number of thioether (sulfide) groups is 1. The molecule has 0 radical (unpaired) electrons. The Labute approximate surface area is 241 Å². The predicted octanol–water partition coefficient (Wildman–Crippen LogP) is 6.67. The van der Waals surface area contributed by atoms with Gasteiger partial charge in [0.2, 0.25) is 11.8 Å². The van der Waals surface area contributed by atoms with Crippen LogP contribution in [0.25, 0.3) is 0 Å². The fraction of sp³-hybridized carbons (Fsp3) is 0.375. The number of nitrogens with one attached hydrogen (secondary N) is 1. The van der Waals surface area contributed by atoms with Crippen molar-refractivity contribution in [2.45, 2.75) is 62.9 Å². The van der Waals surface area contributed by atoms with Gasteiger partial charge in [0.05, 0.1) is 12.9 Å². The third kappa shape index (κ3) is 9.04. The van der Waals surface area contributed by atoms with Gasteiger partial charge in [-0.15, -0.1) is 11.8 Å². The van der Waals surface area contributed by atoms with Crippen molar-refractivity contribution in [1.82, 2.24) is 10.2 Å². The van der Waals surface area contributed by atoms with Crippen LogP contribution in [0.2, 0.25) is 5.02 Å². The number of ether oxygens (including phenoxy) is 1. The minimum absolute atomic E-state index is 0.0618. The highest BCUT2D eigenvalue weighted by Gasteiger charge is 2.31. The fourth-order valence-corrected chi connectivity index (χ4v) is 6.07. The Bertz CT molecular complexity index is 1200. The molecule has 0 bridgehead atoms. The molecule has 39 heavy (non-hydrogen) atoms. The molecule has 0 aliphatic heterocycles. The van der Waals surface area contributed by atoms with Crippen molar-refractivity contribution in [2.24, 2.45) is 0 Å². The summed E-state index contributed by atoms with van der Waals surface area (Å²) in [5.41, 5.74) is 3.04. The summed E-state index contributed by atoms with van der Waals surface area (Å²) in [6.07, 6.45) is 5.90. The monoisotopic (exact) mass is 564 g/mol. The maximum Gasteiger partial charge on any atom is 0.243 e. The van der Waals surface area contributed by atoms with E-state index >= 15 is 0 Å². The van der Waals surface area contributed by atoms with E-state index in [1.807, 2.05) is 78.9 Å². The molecule has 3 aromatic carbocycles. The lowest BCUT2D eigenvalue weighted by atomic mass is 9.94. The number of hydrogen-bond acceptors (Lipinski definition) is 4. The van der Waals surface area contributed by atoms with E-state index in [1.54, 1.807) is 23.8 Å². The third-order valence-corrected chi connectivity index (χ3v) is 8.34. The summed E-state index contributed by atoms with van der Waals surface area (Å²) in [6.45, 7) is 0.318. The number of hydrogen-bond donors (Lipinski definition) is 1. The summed E-state index contributed by atoms with van der Waals surface area (Å²) in [7, 11) is 1.65. The topological polar surface area (TPSA) is 58.6 Å². The second-order valence-electron chi connectivity index (χ2n) is 10.0. The number of methoxy groups -OCH3 is 1. The number of benzene rings is 3. The van der Waals surface area contributed by atoms with Crippen molar-refractivity contribution >= 4 is 35.2 Å². The minimum Gasteiger partial charge on any atom is -0.497 e. The quantitative estimate of drug-likeness (QED) is 0.267. The van der Waals surface area contributed by atoms with Crippen LogP contribution in [0.15, 0.2) is 78.9 Å². The standard InChI is InChI=1S/C32H37ClN2O3S/c1-38-29-17-15-25(16-18-29)22-39-23-31(36)35(21-26-11-8-12-27(33)19-26)30(20-24-9-4-2-5-10-24)32(37)34-28-13-6-3-7-14-28/h2,4-5,8-12,15-19,28,30H,3,6-7,13-14,20-23H2,1H3,(H,34,37)/t30-/m1/s1. The molecular formula is C32H37ClN2O3S. The van der Waals surface area contributed by atoms with E-state index in [0.29, 0.717) is 23.7 Å². The number of rotatable bonds is 12. The first kappa shape index (κ1) is 29.0. The van der Waals surface area contributed by atoms with E-state index < -0.39 is 6.04 Å². The number of carbonyl (C=O) groups is 2. The Morgan fingerprint density at radius 2 is 1.67 bits per heavy atom. The van der Waals surface area contributed by atoms with Crippen molar-refractivity contribution in [3.8, 4) is 5.75 Å². The molecule has 2 amide bonds. The smallest absolute Gasteiger partial charge is 0.243 e. The van der Waals surface area contributed by atoms with Crippen LogP contribution < -0.4 is 10.1 Å². The zero-order valence-corrected chi connectivity index (χ0v) is 24.1. The molecule has 1 aliphatic carbocycles. The largest absolute Gasteiger partial charge is 0.497 e. The molecule has 0 unspecified atom stereocenters. The van der Waals surface area contributed by atoms with E-state index in [9.17, 15) is 9.59 Å². The molecule has 4 rings (SSSR count). The van der Waals surface area contributed by atoms with Crippen LogP contribution in [-0.4, -0.2) is 41.7 Å². The molecule has 7 heteroatoms. The molecule has 3 aromatic rings. The summed E-state index contributed by atoms with van der Waals surface area (Å²) in [5.74, 6) is 1.63. The maximum atomic E-state index is 13.8. The van der Waals surface area contributed by atoms with Crippen LogP contribution in [0, 0.1) is 0 Å². The van der Waals surface area contributed by atoms with Gasteiger partial charge in [0.15, 0.2) is 0 Å². The zero-order chi connectivity index (χ0) is 27.5. The van der Waals surface area contributed by atoms with E-state index in [2.05, 4.69) is 5.32 Å². The van der Waals surface area contributed by atoms with Gasteiger partial charge in [0, 0.05) is 29.8 Å². The number of nitrogens with zero attached hydrogens (tertiary/aromatic N) is 1. The summed E-state index contributed by atoms with van der Waals surface area (Å²) in [5, 5.41) is 3.90. The van der Waals surface area contributed by atoms with Crippen molar-refractivity contribution in [1.29, 1.82) is 0 Å². The second-order valence-corrected chi connectivity index (χ2v) is 11.5. The van der Waals surface area contributed by atoms with Crippen molar-refractivity contribution in [3.05, 3.63) is 101 Å². The average Bonchev–Trinajstić information content (AvgIpc) is 2.96. The lowest BCUT2D eigenvalue weighted by molar-refractivity contribution is -0.139. The van der Waals surface area contributed by atoms with E-state index in [-0.39, 0.29) is 23.6 Å². The van der Waals surface area contributed by atoms with Crippen LogP contribution in [0.3, 0.4) is 0 Å². The van der Waals surface area contributed by atoms with Crippen LogP contribution in [-0.2, 0) is 28.3 Å². The van der Waals surface area contributed by atoms with Gasteiger partial charge < -0.3 is 15.0 Å². The van der Waals surface area contributed by atoms with Gasteiger partial charge in [-0.3, -0.25) is 9.59 Å². The molecule has 1 atom stereocenters. The van der Waals surface area contributed by atoms with E-state index in [1.165, 1.54) is 6.42 Å². The molecule has 0 saturated heterocycles. The van der Waals surface area contributed by atoms with Crippen LogP contribution >= 0.6 is 23.4 Å². The highest BCUT2D eigenvalue weighted by atomic mass is 35.5. The van der Waals surface area contributed by atoms with Gasteiger partial charge in [-0.2, -0.15) is 0 Å². The first-order chi connectivity index (χ1) is 19.0. The van der Waals surface area contributed by atoms with Gasteiger partial charge in [-0.1, -0.05) is 85.5 Å². The summed E-state index contributed by atoms with van der Waals surface area (Å²) < 4.78 is 5.25. The van der Waals surface area contributed by atoms with Crippen LogP contribution in [0.4, 0.5) is 0 Å². The Morgan fingerprint density at radius 1 is 0.949 bits per heavy atom. The zero-order valence-electron chi connectivity index (χ0n) is 22.5. The summed E-state index contributed by atoms with van der Waals surface area (Å²) in [6, 6.07) is 24.9. The predicted molar refractivity (Wildman–Crippen MR) is 160 cm³/mol. The maximum absolute atomic E-state index is 13.8. The number of amides is 2. The van der Waals surface area contributed by atoms with Gasteiger partial charge in [0.25, 0.3) is 0 Å². The van der Waals surface area contributed by atoms with Crippen molar-refractivity contribution < 1.29 is 14.3 Å². The minimum atomic E-state index is -0.623. The molecule has 0 spiro atoms. The third-order valence-electron chi connectivity index (χ3n) is 7.12. The first-order valence-electron chi connectivity index (χ1n) is 13.6.